The summed E-state index contributed by atoms with van der Waals surface area (Å²) in [5.74, 6) is -0.784. The largest absolute Gasteiger partial charge is 0.383 e. The van der Waals surface area contributed by atoms with Gasteiger partial charge in [-0.3, -0.25) is 4.79 Å². The Hall–Kier alpha value is -4.11. The van der Waals surface area contributed by atoms with Gasteiger partial charge in [0.15, 0.2) is 5.54 Å². The SMILES string of the molecule is Cc1ncc(-c2cnc(N)c([C@@](NC(=O)c3ccccc3)(c3cccc(F)c3)[C@@H](O)F)c2)n1C. The number of amides is 1. The van der Waals surface area contributed by atoms with Gasteiger partial charge >= 0.3 is 0 Å². The van der Waals surface area contributed by atoms with E-state index in [1.807, 2.05) is 6.92 Å². The smallest absolute Gasteiger partial charge is 0.252 e. The molecule has 34 heavy (non-hydrogen) atoms. The molecular formula is C25H23F2N5O2. The predicted molar refractivity (Wildman–Crippen MR) is 124 cm³/mol. The molecule has 9 heteroatoms. The Morgan fingerprint density at radius 1 is 1.12 bits per heavy atom. The number of aryl methyl sites for hydroxylation is 1. The summed E-state index contributed by atoms with van der Waals surface area (Å²) in [6.07, 6.45) is 0.398. The van der Waals surface area contributed by atoms with Gasteiger partial charge in [0.2, 0.25) is 6.36 Å². The van der Waals surface area contributed by atoms with Gasteiger partial charge < -0.3 is 20.7 Å². The molecule has 2 atom stereocenters. The minimum absolute atomic E-state index is 0.0336. The van der Waals surface area contributed by atoms with Gasteiger partial charge in [-0.05, 0) is 42.8 Å². The van der Waals surface area contributed by atoms with Crippen LogP contribution in [0.15, 0.2) is 73.1 Å². The van der Waals surface area contributed by atoms with Crippen molar-refractivity contribution in [3.63, 3.8) is 0 Å². The third-order valence-electron chi connectivity index (χ3n) is 5.84. The Bertz CT molecular complexity index is 1340. The molecule has 0 aliphatic carbocycles. The van der Waals surface area contributed by atoms with Crippen LogP contribution in [-0.2, 0) is 12.6 Å². The molecule has 0 saturated carbocycles. The molecule has 174 valence electrons. The summed E-state index contributed by atoms with van der Waals surface area (Å²) in [5, 5.41) is 13.1. The molecule has 0 spiro atoms. The van der Waals surface area contributed by atoms with Crippen LogP contribution in [0.25, 0.3) is 11.3 Å². The van der Waals surface area contributed by atoms with Crippen molar-refractivity contribution in [2.45, 2.75) is 18.8 Å². The summed E-state index contributed by atoms with van der Waals surface area (Å²) >= 11 is 0. The Morgan fingerprint density at radius 3 is 2.47 bits per heavy atom. The average molecular weight is 463 g/mol. The van der Waals surface area contributed by atoms with E-state index in [-0.39, 0.29) is 22.5 Å². The molecule has 0 aliphatic heterocycles. The van der Waals surface area contributed by atoms with Crippen LogP contribution in [0.3, 0.4) is 0 Å². The predicted octanol–water partition coefficient (Wildman–Crippen LogP) is 3.47. The molecule has 2 aromatic heterocycles. The van der Waals surface area contributed by atoms with Crippen LogP contribution in [-0.4, -0.2) is 31.9 Å². The molecule has 0 aliphatic rings. The highest BCUT2D eigenvalue weighted by atomic mass is 19.1. The molecule has 4 N–H and O–H groups in total. The van der Waals surface area contributed by atoms with E-state index in [4.69, 9.17) is 5.73 Å². The maximum absolute atomic E-state index is 15.3. The van der Waals surface area contributed by atoms with E-state index in [2.05, 4.69) is 15.3 Å². The Morgan fingerprint density at radius 2 is 1.85 bits per heavy atom. The fourth-order valence-electron chi connectivity index (χ4n) is 3.90. The van der Waals surface area contributed by atoms with Crippen LogP contribution >= 0.6 is 0 Å². The lowest BCUT2D eigenvalue weighted by atomic mass is 9.81. The summed E-state index contributed by atoms with van der Waals surface area (Å²) in [6.45, 7) is 1.82. The van der Waals surface area contributed by atoms with E-state index in [0.29, 0.717) is 11.3 Å². The topological polar surface area (TPSA) is 106 Å². The molecule has 7 nitrogen and oxygen atoms in total. The standard InChI is InChI=1S/C25H23F2N5O2/c1-15-29-14-21(32(15)2)17-11-20(22(28)30-13-17)25(24(27)34,18-9-6-10-19(26)12-18)31-23(33)16-7-4-3-5-8-16/h3-14,24,34H,1-2H3,(H2,28,30)(H,31,33)/t24-,25+/m1/s1. The van der Waals surface area contributed by atoms with E-state index in [1.165, 1.54) is 42.6 Å². The number of nitrogens with one attached hydrogen (secondary N) is 1. The number of carbonyl (C=O) groups is 1. The first-order chi connectivity index (χ1) is 16.2. The number of nitrogens with zero attached hydrogens (tertiary/aromatic N) is 3. The highest BCUT2D eigenvalue weighted by molar-refractivity contribution is 5.95. The number of hydrogen-bond acceptors (Lipinski definition) is 5. The number of benzene rings is 2. The lowest BCUT2D eigenvalue weighted by Crippen LogP contribution is -2.54. The molecule has 2 aromatic carbocycles. The number of hydrogen-bond donors (Lipinski definition) is 3. The summed E-state index contributed by atoms with van der Waals surface area (Å²) in [4.78, 5) is 21.6. The first-order valence-electron chi connectivity index (χ1n) is 10.4. The molecular weight excluding hydrogens is 440 g/mol. The zero-order valence-electron chi connectivity index (χ0n) is 18.5. The fourth-order valence-corrected chi connectivity index (χ4v) is 3.90. The second-order valence-corrected chi connectivity index (χ2v) is 7.88. The van der Waals surface area contributed by atoms with Crippen LogP contribution < -0.4 is 11.1 Å². The first-order valence-corrected chi connectivity index (χ1v) is 10.4. The van der Waals surface area contributed by atoms with Crippen molar-refractivity contribution in [2.24, 2.45) is 7.05 Å². The minimum Gasteiger partial charge on any atom is -0.383 e. The molecule has 4 rings (SSSR count). The van der Waals surface area contributed by atoms with Crippen LogP contribution in [0.4, 0.5) is 14.6 Å². The van der Waals surface area contributed by atoms with Crippen LogP contribution in [0.5, 0.6) is 0 Å². The Balaban J connectivity index is 1.97. The fraction of sp³-hybridized carbons (Fsp3) is 0.160. The van der Waals surface area contributed by atoms with Crippen molar-refractivity contribution < 1.29 is 18.7 Å². The average Bonchev–Trinajstić information content (AvgIpc) is 3.16. The number of aromatic nitrogens is 3. The van der Waals surface area contributed by atoms with Crippen LogP contribution in [0.2, 0.25) is 0 Å². The lowest BCUT2D eigenvalue weighted by Gasteiger charge is -2.37. The van der Waals surface area contributed by atoms with Gasteiger partial charge in [-0.1, -0.05) is 30.3 Å². The normalized spacial score (nSPS) is 13.8. The number of halogens is 2. The monoisotopic (exact) mass is 463 g/mol. The molecule has 0 saturated heterocycles. The molecule has 2 heterocycles. The van der Waals surface area contributed by atoms with Gasteiger partial charge in [0, 0.05) is 29.9 Å². The summed E-state index contributed by atoms with van der Waals surface area (Å²) in [6, 6.07) is 14.6. The minimum atomic E-state index is -2.70. The first kappa shape index (κ1) is 23.1. The van der Waals surface area contributed by atoms with Gasteiger partial charge in [-0.15, -0.1) is 0 Å². The van der Waals surface area contributed by atoms with Crippen LogP contribution in [0, 0.1) is 12.7 Å². The Kier molecular flexibility index (Phi) is 6.12. The van der Waals surface area contributed by atoms with Crippen molar-refractivity contribution in [1.29, 1.82) is 0 Å². The maximum Gasteiger partial charge on any atom is 0.252 e. The molecule has 1 amide bonds. The van der Waals surface area contributed by atoms with Crippen molar-refractivity contribution in [3.05, 3.63) is 101 Å². The summed E-state index contributed by atoms with van der Waals surface area (Å²) < 4.78 is 31.4. The number of alkyl halides is 1. The van der Waals surface area contributed by atoms with Gasteiger partial charge in [0.25, 0.3) is 5.91 Å². The number of nitrogens with two attached hydrogens (primary N) is 1. The summed E-state index contributed by atoms with van der Waals surface area (Å²) in [7, 11) is 1.80. The molecule has 4 aromatic rings. The second-order valence-electron chi connectivity index (χ2n) is 7.88. The van der Waals surface area contributed by atoms with Crippen LogP contribution in [0.1, 0.15) is 27.3 Å². The number of anilines is 1. The van der Waals surface area contributed by atoms with E-state index in [1.54, 1.807) is 36.0 Å². The zero-order chi connectivity index (χ0) is 24.5. The van der Waals surface area contributed by atoms with Gasteiger partial charge in [-0.25, -0.2) is 18.7 Å². The van der Waals surface area contributed by atoms with E-state index in [9.17, 15) is 14.3 Å². The Labute approximate surface area is 194 Å². The van der Waals surface area contributed by atoms with E-state index >= 15 is 4.39 Å². The molecule has 0 bridgehead atoms. The molecule has 0 unspecified atom stereocenters. The lowest BCUT2D eigenvalue weighted by molar-refractivity contribution is -0.0274. The van der Waals surface area contributed by atoms with Gasteiger partial charge in [0.05, 0.1) is 11.9 Å². The van der Waals surface area contributed by atoms with Crippen molar-refractivity contribution in [1.82, 2.24) is 19.9 Å². The van der Waals surface area contributed by atoms with Gasteiger partial charge in [-0.2, -0.15) is 0 Å². The maximum atomic E-state index is 15.3. The molecule has 0 radical (unpaired) electrons. The number of aliphatic hydroxyl groups is 1. The number of carbonyl (C=O) groups excluding carboxylic acids is 1. The second kappa shape index (κ2) is 9.03. The number of imidazole rings is 1. The quantitative estimate of drug-likeness (QED) is 0.406. The highest BCUT2D eigenvalue weighted by Gasteiger charge is 2.46. The molecule has 0 fully saturated rings. The van der Waals surface area contributed by atoms with Crippen molar-refractivity contribution in [3.8, 4) is 11.3 Å². The van der Waals surface area contributed by atoms with Crippen molar-refractivity contribution >= 4 is 11.7 Å². The summed E-state index contributed by atoms with van der Waals surface area (Å²) in [5.41, 5.74) is 5.23. The third-order valence-corrected chi connectivity index (χ3v) is 5.84. The highest BCUT2D eigenvalue weighted by Crippen LogP contribution is 2.39. The zero-order valence-corrected chi connectivity index (χ0v) is 18.5. The van der Waals surface area contributed by atoms with Gasteiger partial charge in [0.1, 0.15) is 17.5 Å². The number of aliphatic hydroxyl groups excluding tert-OH is 1. The number of pyridine rings is 1. The number of rotatable bonds is 6. The third kappa shape index (κ3) is 4.01. The van der Waals surface area contributed by atoms with E-state index < -0.39 is 23.6 Å². The number of nitrogen functional groups attached to an aromatic ring is 1. The van der Waals surface area contributed by atoms with E-state index in [0.717, 1.165) is 11.9 Å². The van der Waals surface area contributed by atoms with Crippen molar-refractivity contribution in [2.75, 3.05) is 5.73 Å².